The molecule has 2 heterocycles. The number of piperazine rings is 1. The van der Waals surface area contributed by atoms with E-state index >= 15 is 0 Å². The predicted octanol–water partition coefficient (Wildman–Crippen LogP) is 3.23. The number of carbonyl (C=O) groups is 1. The zero-order chi connectivity index (χ0) is 19.6. The largest absolute Gasteiger partial charge is 0.340 e. The zero-order valence-corrected chi connectivity index (χ0v) is 17.0. The summed E-state index contributed by atoms with van der Waals surface area (Å²) < 4.78 is 0. The van der Waals surface area contributed by atoms with Crippen LogP contribution in [0.15, 0.2) is 18.2 Å². The van der Waals surface area contributed by atoms with E-state index in [-0.39, 0.29) is 5.91 Å². The fraction of sp³-hybridized carbons (Fsp3) is 0.476. The summed E-state index contributed by atoms with van der Waals surface area (Å²) in [6, 6.07) is 6.05. The quantitative estimate of drug-likeness (QED) is 0.899. The first-order valence-electron chi connectivity index (χ1n) is 9.59. The Hall–Kier alpha value is -2.47. The summed E-state index contributed by atoms with van der Waals surface area (Å²) in [5.74, 6) is 1.24. The molecular weight excluding hydrogens is 338 g/mol. The maximum absolute atomic E-state index is 12.9. The second-order valence-corrected chi connectivity index (χ2v) is 7.31. The minimum absolute atomic E-state index is 0.0170. The van der Waals surface area contributed by atoms with E-state index in [1.165, 1.54) is 5.56 Å². The Labute approximate surface area is 161 Å². The Morgan fingerprint density at radius 2 is 1.63 bits per heavy atom. The molecule has 1 aliphatic heterocycles. The van der Waals surface area contributed by atoms with Gasteiger partial charge in [-0.05, 0) is 45.4 Å². The number of aromatic nitrogens is 2. The normalized spacial score (nSPS) is 15.1. The van der Waals surface area contributed by atoms with Gasteiger partial charge in [-0.1, -0.05) is 24.6 Å². The molecule has 0 saturated carbocycles. The number of rotatable bonds is 4. The van der Waals surface area contributed by atoms with Gasteiger partial charge in [-0.2, -0.15) is 0 Å². The standard InChI is InChI=1S/C21H29N5O/c1-6-25-7-9-26(10-8-25)21(27)18-13-19(23-17(5)22-18)24-20-15(3)11-14(2)12-16(20)4/h11-13H,6-10H2,1-5H3,(H,22,23,24). The number of anilines is 2. The molecule has 0 spiro atoms. The van der Waals surface area contributed by atoms with Crippen molar-refractivity contribution in [3.8, 4) is 0 Å². The van der Waals surface area contributed by atoms with Crippen LogP contribution < -0.4 is 5.32 Å². The van der Waals surface area contributed by atoms with Crippen LogP contribution >= 0.6 is 0 Å². The molecule has 0 aliphatic carbocycles. The summed E-state index contributed by atoms with van der Waals surface area (Å²) in [4.78, 5) is 26.0. The van der Waals surface area contributed by atoms with Gasteiger partial charge in [-0.3, -0.25) is 4.79 Å². The van der Waals surface area contributed by atoms with E-state index in [1.54, 1.807) is 6.07 Å². The smallest absolute Gasteiger partial charge is 0.272 e. The van der Waals surface area contributed by atoms with Crippen molar-refractivity contribution in [3.63, 3.8) is 0 Å². The zero-order valence-electron chi connectivity index (χ0n) is 17.0. The fourth-order valence-electron chi connectivity index (χ4n) is 3.68. The van der Waals surface area contributed by atoms with Gasteiger partial charge in [0.2, 0.25) is 0 Å². The molecule has 1 aliphatic rings. The summed E-state index contributed by atoms with van der Waals surface area (Å²) in [6.45, 7) is 14.6. The van der Waals surface area contributed by atoms with Crippen LogP contribution in [-0.2, 0) is 0 Å². The van der Waals surface area contributed by atoms with Crippen LogP contribution in [0.2, 0.25) is 0 Å². The van der Waals surface area contributed by atoms with Crippen molar-refractivity contribution in [2.75, 3.05) is 38.0 Å². The van der Waals surface area contributed by atoms with Crippen molar-refractivity contribution in [2.24, 2.45) is 0 Å². The van der Waals surface area contributed by atoms with Crippen LogP contribution in [0.4, 0.5) is 11.5 Å². The topological polar surface area (TPSA) is 61.4 Å². The van der Waals surface area contributed by atoms with Crippen molar-refractivity contribution in [1.29, 1.82) is 0 Å². The average Bonchev–Trinajstić information content (AvgIpc) is 2.63. The molecule has 0 atom stereocenters. The molecule has 144 valence electrons. The highest BCUT2D eigenvalue weighted by Crippen LogP contribution is 2.25. The van der Waals surface area contributed by atoms with E-state index in [0.717, 1.165) is 49.5 Å². The van der Waals surface area contributed by atoms with E-state index in [0.29, 0.717) is 17.3 Å². The van der Waals surface area contributed by atoms with Gasteiger partial charge in [0.15, 0.2) is 0 Å². The molecule has 27 heavy (non-hydrogen) atoms. The van der Waals surface area contributed by atoms with Crippen molar-refractivity contribution >= 4 is 17.4 Å². The van der Waals surface area contributed by atoms with Crippen LogP contribution in [0.3, 0.4) is 0 Å². The highest BCUT2D eigenvalue weighted by Gasteiger charge is 2.23. The summed E-state index contributed by atoms with van der Waals surface area (Å²) in [5, 5.41) is 3.39. The van der Waals surface area contributed by atoms with Crippen LogP contribution in [0.5, 0.6) is 0 Å². The SMILES string of the molecule is CCN1CCN(C(=O)c2cc(Nc3c(C)cc(C)cc3C)nc(C)n2)CC1. The first-order valence-corrected chi connectivity index (χ1v) is 9.59. The first-order chi connectivity index (χ1) is 12.9. The van der Waals surface area contributed by atoms with Crippen LogP contribution in [0.1, 0.15) is 39.9 Å². The number of benzene rings is 1. The summed E-state index contributed by atoms with van der Waals surface area (Å²) in [5.41, 5.74) is 5.04. The van der Waals surface area contributed by atoms with Gasteiger partial charge < -0.3 is 15.1 Å². The number of nitrogens with one attached hydrogen (secondary N) is 1. The number of nitrogens with zero attached hydrogens (tertiary/aromatic N) is 4. The summed E-state index contributed by atoms with van der Waals surface area (Å²) >= 11 is 0. The van der Waals surface area contributed by atoms with Crippen molar-refractivity contribution in [2.45, 2.75) is 34.6 Å². The van der Waals surface area contributed by atoms with E-state index in [9.17, 15) is 4.79 Å². The Bertz CT molecular complexity index is 817. The van der Waals surface area contributed by atoms with E-state index < -0.39 is 0 Å². The van der Waals surface area contributed by atoms with Crippen LogP contribution in [0.25, 0.3) is 0 Å². The predicted molar refractivity (Wildman–Crippen MR) is 109 cm³/mol. The number of hydrogen-bond acceptors (Lipinski definition) is 5. The van der Waals surface area contributed by atoms with Gasteiger partial charge in [0.25, 0.3) is 5.91 Å². The number of aryl methyl sites for hydroxylation is 4. The number of carbonyl (C=O) groups excluding carboxylic acids is 1. The average molecular weight is 367 g/mol. The maximum atomic E-state index is 12.9. The molecule has 3 rings (SSSR count). The molecular formula is C21H29N5O. The number of likely N-dealkylation sites (N-methyl/N-ethyl adjacent to an activating group) is 1. The van der Waals surface area contributed by atoms with Gasteiger partial charge in [-0.25, -0.2) is 9.97 Å². The lowest BCUT2D eigenvalue weighted by molar-refractivity contribution is 0.0637. The molecule has 2 aromatic rings. The lowest BCUT2D eigenvalue weighted by Crippen LogP contribution is -2.48. The van der Waals surface area contributed by atoms with Gasteiger partial charge in [-0.15, -0.1) is 0 Å². The summed E-state index contributed by atoms with van der Waals surface area (Å²) in [7, 11) is 0. The number of hydrogen-bond donors (Lipinski definition) is 1. The Morgan fingerprint density at radius 3 is 2.22 bits per heavy atom. The van der Waals surface area contributed by atoms with Gasteiger partial charge >= 0.3 is 0 Å². The third-order valence-electron chi connectivity index (χ3n) is 5.09. The van der Waals surface area contributed by atoms with Crippen LogP contribution in [0, 0.1) is 27.7 Å². The Kier molecular flexibility index (Phi) is 5.75. The Morgan fingerprint density at radius 1 is 1.00 bits per heavy atom. The lowest BCUT2D eigenvalue weighted by atomic mass is 10.1. The third kappa shape index (κ3) is 4.45. The first kappa shape index (κ1) is 19.3. The highest BCUT2D eigenvalue weighted by molar-refractivity contribution is 5.93. The molecule has 1 aromatic carbocycles. The van der Waals surface area contributed by atoms with Crippen molar-refractivity contribution in [3.05, 3.63) is 46.4 Å². The lowest BCUT2D eigenvalue weighted by Gasteiger charge is -2.33. The molecule has 6 heteroatoms. The minimum atomic E-state index is -0.0170. The van der Waals surface area contributed by atoms with Gasteiger partial charge in [0, 0.05) is 37.9 Å². The number of amides is 1. The second-order valence-electron chi connectivity index (χ2n) is 7.31. The van der Waals surface area contributed by atoms with Gasteiger partial charge in [0.05, 0.1) is 0 Å². The second kappa shape index (κ2) is 8.05. The molecule has 0 unspecified atom stereocenters. The molecule has 1 amide bonds. The maximum Gasteiger partial charge on any atom is 0.272 e. The Balaban J connectivity index is 1.82. The molecule has 6 nitrogen and oxygen atoms in total. The monoisotopic (exact) mass is 367 g/mol. The molecule has 1 saturated heterocycles. The molecule has 0 radical (unpaired) electrons. The third-order valence-corrected chi connectivity index (χ3v) is 5.09. The molecule has 1 fully saturated rings. The molecule has 1 N–H and O–H groups in total. The van der Waals surface area contributed by atoms with Crippen molar-refractivity contribution in [1.82, 2.24) is 19.8 Å². The van der Waals surface area contributed by atoms with E-state index in [1.807, 2.05) is 11.8 Å². The fourth-order valence-corrected chi connectivity index (χ4v) is 3.68. The van der Waals surface area contributed by atoms with Crippen molar-refractivity contribution < 1.29 is 4.79 Å². The van der Waals surface area contributed by atoms with Crippen LogP contribution in [-0.4, -0.2) is 58.4 Å². The van der Waals surface area contributed by atoms with Gasteiger partial charge in [0.1, 0.15) is 17.3 Å². The highest BCUT2D eigenvalue weighted by atomic mass is 16.2. The molecule has 0 bridgehead atoms. The minimum Gasteiger partial charge on any atom is -0.340 e. The van der Waals surface area contributed by atoms with E-state index in [4.69, 9.17) is 0 Å². The summed E-state index contributed by atoms with van der Waals surface area (Å²) in [6.07, 6.45) is 0. The molecule has 1 aromatic heterocycles. The van der Waals surface area contributed by atoms with E-state index in [2.05, 4.69) is 60.0 Å².